The summed E-state index contributed by atoms with van der Waals surface area (Å²) in [7, 11) is 1.82. The third-order valence-electron chi connectivity index (χ3n) is 4.53. The van der Waals surface area contributed by atoms with Crippen LogP contribution >= 0.6 is 0 Å². The van der Waals surface area contributed by atoms with Gasteiger partial charge in [0.05, 0.1) is 23.2 Å². The molecule has 0 atom stereocenters. The average Bonchev–Trinajstić information content (AvgIpc) is 3.16. The van der Waals surface area contributed by atoms with Crippen molar-refractivity contribution in [1.29, 1.82) is 0 Å². The van der Waals surface area contributed by atoms with Gasteiger partial charge in [-0.3, -0.25) is 14.5 Å². The standard InChI is InChI=1S/C20H18FN5O/c1-11-5-4-6-14(21)18(11)15-9-13-16(10-22-15)24-20(27)19(13)12(2)23-17-7-8-26(3)25-17/h4-10H,1-3H3,(H,23,25)(H,24,27)/b19-12-. The van der Waals surface area contributed by atoms with Crippen LogP contribution in [0.1, 0.15) is 18.1 Å². The molecule has 136 valence electrons. The molecule has 4 rings (SSSR count). The normalized spacial score (nSPS) is 14.7. The molecule has 1 aromatic carbocycles. The van der Waals surface area contributed by atoms with Crippen LogP contribution in [-0.4, -0.2) is 20.7 Å². The predicted molar refractivity (Wildman–Crippen MR) is 102 cm³/mol. The number of carbonyl (C=O) groups excluding carboxylic acids is 1. The second-order valence-corrected chi connectivity index (χ2v) is 6.50. The summed E-state index contributed by atoms with van der Waals surface area (Å²) >= 11 is 0. The molecule has 6 nitrogen and oxygen atoms in total. The number of pyridine rings is 1. The summed E-state index contributed by atoms with van der Waals surface area (Å²) in [5, 5.41) is 10.2. The summed E-state index contributed by atoms with van der Waals surface area (Å²) in [6.07, 6.45) is 3.38. The zero-order chi connectivity index (χ0) is 19.1. The molecule has 0 spiro atoms. The van der Waals surface area contributed by atoms with E-state index >= 15 is 0 Å². The van der Waals surface area contributed by atoms with Gasteiger partial charge in [0.2, 0.25) is 0 Å². The van der Waals surface area contributed by atoms with E-state index in [0.717, 1.165) is 5.56 Å². The Morgan fingerprint density at radius 3 is 2.81 bits per heavy atom. The molecule has 1 aliphatic heterocycles. The van der Waals surface area contributed by atoms with E-state index in [1.807, 2.05) is 39.2 Å². The van der Waals surface area contributed by atoms with E-state index in [2.05, 4.69) is 20.7 Å². The van der Waals surface area contributed by atoms with Gasteiger partial charge in [0.25, 0.3) is 5.91 Å². The number of benzene rings is 1. The van der Waals surface area contributed by atoms with Gasteiger partial charge in [-0.05, 0) is 31.5 Å². The van der Waals surface area contributed by atoms with Crippen LogP contribution < -0.4 is 10.6 Å². The highest BCUT2D eigenvalue weighted by molar-refractivity contribution is 6.32. The second-order valence-electron chi connectivity index (χ2n) is 6.50. The summed E-state index contributed by atoms with van der Waals surface area (Å²) in [4.78, 5) is 16.9. The van der Waals surface area contributed by atoms with Crippen molar-refractivity contribution in [3.63, 3.8) is 0 Å². The van der Waals surface area contributed by atoms with Crippen LogP contribution in [0.25, 0.3) is 16.8 Å². The zero-order valence-electron chi connectivity index (χ0n) is 15.2. The molecular weight excluding hydrogens is 345 g/mol. The molecule has 2 aromatic heterocycles. The fourth-order valence-electron chi connectivity index (χ4n) is 3.27. The van der Waals surface area contributed by atoms with Crippen molar-refractivity contribution >= 4 is 23.0 Å². The van der Waals surface area contributed by atoms with Crippen molar-refractivity contribution in [1.82, 2.24) is 14.8 Å². The minimum atomic E-state index is -0.339. The van der Waals surface area contributed by atoms with E-state index in [9.17, 15) is 9.18 Å². The third-order valence-corrected chi connectivity index (χ3v) is 4.53. The molecule has 0 saturated heterocycles. The van der Waals surface area contributed by atoms with E-state index in [1.54, 1.807) is 23.0 Å². The smallest absolute Gasteiger partial charge is 0.258 e. The number of carbonyl (C=O) groups is 1. The molecule has 7 heteroatoms. The number of allylic oxidation sites excluding steroid dienone is 1. The topological polar surface area (TPSA) is 71.8 Å². The lowest BCUT2D eigenvalue weighted by Crippen LogP contribution is -2.09. The first-order valence-corrected chi connectivity index (χ1v) is 8.49. The van der Waals surface area contributed by atoms with Gasteiger partial charge in [0.1, 0.15) is 5.82 Å². The van der Waals surface area contributed by atoms with E-state index in [-0.39, 0.29) is 11.7 Å². The Hall–Kier alpha value is -3.48. The van der Waals surface area contributed by atoms with Gasteiger partial charge in [0, 0.05) is 36.1 Å². The first-order chi connectivity index (χ1) is 12.9. The van der Waals surface area contributed by atoms with E-state index in [1.165, 1.54) is 6.07 Å². The molecule has 3 aromatic rings. The first kappa shape index (κ1) is 17.0. The minimum absolute atomic E-state index is 0.227. The highest BCUT2D eigenvalue weighted by Crippen LogP contribution is 2.36. The number of rotatable bonds is 3. The van der Waals surface area contributed by atoms with Crippen molar-refractivity contribution in [3.05, 3.63) is 65.4 Å². The zero-order valence-corrected chi connectivity index (χ0v) is 15.2. The summed E-state index contributed by atoms with van der Waals surface area (Å²) in [5.41, 5.74) is 4.16. The third kappa shape index (κ3) is 2.97. The van der Waals surface area contributed by atoms with Gasteiger partial charge in [0.15, 0.2) is 5.82 Å². The van der Waals surface area contributed by atoms with Crippen LogP contribution in [0.15, 0.2) is 48.4 Å². The highest BCUT2D eigenvalue weighted by atomic mass is 19.1. The van der Waals surface area contributed by atoms with Crippen molar-refractivity contribution in [2.75, 3.05) is 10.6 Å². The van der Waals surface area contributed by atoms with Crippen LogP contribution in [0.4, 0.5) is 15.9 Å². The lowest BCUT2D eigenvalue weighted by Gasteiger charge is -2.10. The number of anilines is 2. The SMILES string of the molecule is C/C(Nc1ccn(C)n1)=C1/C(=O)Nc2cnc(-c3c(C)cccc3F)cc21. The summed E-state index contributed by atoms with van der Waals surface area (Å²) in [6, 6.07) is 8.47. The Bertz CT molecular complexity index is 1080. The fourth-order valence-corrected chi connectivity index (χ4v) is 3.27. The average molecular weight is 363 g/mol. The van der Waals surface area contributed by atoms with Gasteiger partial charge in [-0.2, -0.15) is 5.10 Å². The highest BCUT2D eigenvalue weighted by Gasteiger charge is 2.28. The molecule has 0 saturated carbocycles. The van der Waals surface area contributed by atoms with Gasteiger partial charge in [-0.25, -0.2) is 4.39 Å². The van der Waals surface area contributed by atoms with Crippen molar-refractivity contribution in [2.45, 2.75) is 13.8 Å². The molecule has 0 aliphatic carbocycles. The molecule has 0 radical (unpaired) electrons. The van der Waals surface area contributed by atoms with Crippen LogP contribution in [0.3, 0.4) is 0 Å². The van der Waals surface area contributed by atoms with Crippen LogP contribution in [-0.2, 0) is 11.8 Å². The largest absolute Gasteiger partial charge is 0.342 e. The Balaban J connectivity index is 1.80. The predicted octanol–water partition coefficient (Wildman–Crippen LogP) is 3.72. The molecule has 0 fully saturated rings. The maximum atomic E-state index is 14.4. The Morgan fingerprint density at radius 2 is 2.11 bits per heavy atom. The first-order valence-electron chi connectivity index (χ1n) is 8.49. The number of nitrogens with zero attached hydrogens (tertiary/aromatic N) is 3. The molecule has 0 unspecified atom stereocenters. The molecule has 1 aliphatic rings. The molecule has 0 bridgehead atoms. The minimum Gasteiger partial charge on any atom is -0.342 e. The van der Waals surface area contributed by atoms with Gasteiger partial charge >= 0.3 is 0 Å². The Morgan fingerprint density at radius 1 is 1.30 bits per heavy atom. The number of amides is 1. The molecule has 2 N–H and O–H groups in total. The summed E-state index contributed by atoms with van der Waals surface area (Å²) < 4.78 is 16.0. The fraction of sp³-hybridized carbons (Fsp3) is 0.150. The molecular formula is C20H18FN5O. The lowest BCUT2D eigenvalue weighted by atomic mass is 10.00. The maximum Gasteiger partial charge on any atom is 0.258 e. The Labute approximate surface area is 155 Å². The number of halogens is 1. The van der Waals surface area contributed by atoms with E-state index < -0.39 is 0 Å². The Kier molecular flexibility index (Phi) is 3.99. The number of hydrogen-bond donors (Lipinski definition) is 2. The van der Waals surface area contributed by atoms with Crippen LogP contribution in [0.2, 0.25) is 0 Å². The second kappa shape index (κ2) is 6.35. The number of fused-ring (bicyclic) bond motifs is 1. The van der Waals surface area contributed by atoms with Crippen molar-refractivity contribution < 1.29 is 9.18 Å². The monoisotopic (exact) mass is 363 g/mol. The maximum absolute atomic E-state index is 14.4. The molecule has 3 heterocycles. The van der Waals surface area contributed by atoms with Gasteiger partial charge in [-0.1, -0.05) is 12.1 Å². The number of nitrogens with one attached hydrogen (secondary N) is 2. The van der Waals surface area contributed by atoms with E-state index in [0.29, 0.717) is 39.6 Å². The van der Waals surface area contributed by atoms with Crippen molar-refractivity contribution in [2.24, 2.45) is 7.05 Å². The van der Waals surface area contributed by atoms with Crippen molar-refractivity contribution in [3.8, 4) is 11.3 Å². The lowest BCUT2D eigenvalue weighted by molar-refractivity contribution is -0.110. The van der Waals surface area contributed by atoms with E-state index in [4.69, 9.17) is 0 Å². The van der Waals surface area contributed by atoms with Crippen LogP contribution in [0, 0.1) is 12.7 Å². The van der Waals surface area contributed by atoms with Gasteiger partial charge < -0.3 is 10.6 Å². The number of hydrogen-bond acceptors (Lipinski definition) is 4. The van der Waals surface area contributed by atoms with Gasteiger partial charge in [-0.15, -0.1) is 0 Å². The number of aromatic nitrogens is 3. The number of aryl methyl sites for hydroxylation is 2. The summed E-state index contributed by atoms with van der Waals surface area (Å²) in [5.74, 6) is 0.0757. The molecule has 27 heavy (non-hydrogen) atoms. The van der Waals surface area contributed by atoms with Crippen LogP contribution in [0.5, 0.6) is 0 Å². The quantitative estimate of drug-likeness (QED) is 0.696. The molecule has 1 amide bonds. The summed E-state index contributed by atoms with van der Waals surface area (Å²) in [6.45, 7) is 3.65.